The van der Waals surface area contributed by atoms with Crippen LogP contribution in [0.4, 0.5) is 0 Å². The van der Waals surface area contributed by atoms with Crippen LogP contribution in [0.2, 0.25) is 5.02 Å². The number of hydrogen-bond acceptors (Lipinski definition) is 3. The highest BCUT2D eigenvalue weighted by Crippen LogP contribution is 2.32. The van der Waals surface area contributed by atoms with Crippen molar-refractivity contribution in [3.05, 3.63) is 39.9 Å². The van der Waals surface area contributed by atoms with Gasteiger partial charge in [0, 0.05) is 21.9 Å². The van der Waals surface area contributed by atoms with E-state index in [1.807, 2.05) is 24.3 Å². The lowest BCUT2D eigenvalue weighted by Crippen LogP contribution is -2.08. The van der Waals surface area contributed by atoms with Crippen LogP contribution in [0, 0.1) is 0 Å². The van der Waals surface area contributed by atoms with Crippen molar-refractivity contribution in [2.24, 2.45) is 0 Å². The molecule has 0 saturated carbocycles. The minimum Gasteiger partial charge on any atom is -0.292 e. The van der Waals surface area contributed by atoms with E-state index in [-0.39, 0.29) is 5.78 Å². The third-order valence-corrected chi connectivity index (χ3v) is 4.28. The van der Waals surface area contributed by atoms with E-state index in [1.165, 1.54) is 0 Å². The molecule has 0 saturated heterocycles. The lowest BCUT2D eigenvalue weighted by molar-refractivity contribution is 0.0968. The molecule has 1 aromatic heterocycles. The van der Waals surface area contributed by atoms with Crippen LogP contribution in [-0.4, -0.2) is 10.8 Å². The van der Waals surface area contributed by atoms with Crippen LogP contribution >= 0.6 is 22.9 Å². The number of carbonyl (C=O) groups is 1. The number of fused-ring (bicyclic) bond motifs is 1. The predicted octanol–water partition coefficient (Wildman–Crippen LogP) is 3.98. The molecule has 0 bridgehead atoms. The highest BCUT2D eigenvalue weighted by Gasteiger charge is 2.22. The average Bonchev–Trinajstić information content (AvgIpc) is 2.75. The fourth-order valence-electron chi connectivity index (χ4n) is 1.98. The number of ketones is 1. The number of aromatic nitrogens is 1. The Labute approximate surface area is 108 Å². The summed E-state index contributed by atoms with van der Waals surface area (Å²) in [5.41, 5.74) is 1.72. The maximum Gasteiger partial charge on any atom is 0.182 e. The van der Waals surface area contributed by atoms with Gasteiger partial charge in [0.15, 0.2) is 5.78 Å². The monoisotopic (exact) mass is 263 g/mol. The molecule has 1 aromatic carbocycles. The van der Waals surface area contributed by atoms with Gasteiger partial charge in [0.05, 0.1) is 0 Å². The van der Waals surface area contributed by atoms with Gasteiger partial charge < -0.3 is 0 Å². The van der Waals surface area contributed by atoms with Gasteiger partial charge in [-0.3, -0.25) is 4.79 Å². The molecule has 0 amide bonds. The van der Waals surface area contributed by atoms with E-state index in [0.29, 0.717) is 17.1 Å². The molecule has 17 heavy (non-hydrogen) atoms. The molecule has 0 spiro atoms. The Kier molecular flexibility index (Phi) is 2.73. The van der Waals surface area contributed by atoms with Gasteiger partial charge in [-0.05, 0) is 25.0 Å². The molecule has 0 N–H and O–H groups in total. The van der Waals surface area contributed by atoms with Crippen molar-refractivity contribution < 1.29 is 4.79 Å². The molecule has 1 aliphatic rings. The highest BCUT2D eigenvalue weighted by molar-refractivity contribution is 7.15. The van der Waals surface area contributed by atoms with Crippen LogP contribution in [0.3, 0.4) is 0 Å². The third kappa shape index (κ3) is 2.01. The van der Waals surface area contributed by atoms with E-state index in [0.717, 1.165) is 28.3 Å². The largest absolute Gasteiger partial charge is 0.292 e. The maximum atomic E-state index is 11.7. The van der Waals surface area contributed by atoms with Crippen molar-refractivity contribution in [1.82, 2.24) is 4.98 Å². The maximum absolute atomic E-state index is 11.7. The van der Waals surface area contributed by atoms with Gasteiger partial charge in [-0.15, -0.1) is 11.3 Å². The zero-order valence-corrected chi connectivity index (χ0v) is 10.6. The highest BCUT2D eigenvalue weighted by atomic mass is 35.5. The summed E-state index contributed by atoms with van der Waals surface area (Å²) < 4.78 is 0. The summed E-state index contributed by atoms with van der Waals surface area (Å²) in [6.45, 7) is 0. The molecule has 86 valence electrons. The first-order valence-corrected chi connectivity index (χ1v) is 6.72. The van der Waals surface area contributed by atoms with E-state index in [2.05, 4.69) is 4.98 Å². The van der Waals surface area contributed by atoms with Gasteiger partial charge >= 0.3 is 0 Å². The van der Waals surface area contributed by atoms with Crippen molar-refractivity contribution in [2.75, 3.05) is 0 Å². The summed E-state index contributed by atoms with van der Waals surface area (Å²) in [6, 6.07) is 7.58. The lowest BCUT2D eigenvalue weighted by Gasteiger charge is -2.06. The molecule has 2 nitrogen and oxygen atoms in total. The molecule has 4 heteroatoms. The van der Waals surface area contributed by atoms with Crippen molar-refractivity contribution >= 4 is 28.7 Å². The van der Waals surface area contributed by atoms with Crippen molar-refractivity contribution in [3.63, 3.8) is 0 Å². The van der Waals surface area contributed by atoms with Crippen molar-refractivity contribution in [1.29, 1.82) is 0 Å². The summed E-state index contributed by atoms with van der Waals surface area (Å²) >= 11 is 7.48. The van der Waals surface area contributed by atoms with E-state index >= 15 is 0 Å². The summed E-state index contributed by atoms with van der Waals surface area (Å²) in [6.07, 6.45) is 2.57. The van der Waals surface area contributed by atoms with Gasteiger partial charge in [-0.2, -0.15) is 0 Å². The fourth-order valence-corrected chi connectivity index (χ4v) is 3.24. The zero-order chi connectivity index (χ0) is 11.8. The van der Waals surface area contributed by atoms with Gasteiger partial charge in [0.1, 0.15) is 10.7 Å². The Balaban J connectivity index is 2.05. The van der Waals surface area contributed by atoms with Gasteiger partial charge in [0.25, 0.3) is 0 Å². The van der Waals surface area contributed by atoms with Gasteiger partial charge in [-0.1, -0.05) is 23.7 Å². The second kappa shape index (κ2) is 4.24. The summed E-state index contributed by atoms with van der Waals surface area (Å²) in [7, 11) is 0. The first-order chi connectivity index (χ1) is 8.24. The molecule has 0 atom stereocenters. The van der Waals surface area contributed by atoms with Crippen molar-refractivity contribution in [3.8, 4) is 10.6 Å². The third-order valence-electron chi connectivity index (χ3n) is 2.86. The fraction of sp³-hybridized carbons (Fsp3) is 0.231. The number of Topliss-reactive ketones (excluding diaryl/α,β-unsaturated/α-hetero) is 1. The summed E-state index contributed by atoms with van der Waals surface area (Å²) in [5, 5.41) is 1.63. The smallest absolute Gasteiger partial charge is 0.182 e. The molecule has 1 aliphatic carbocycles. The number of nitrogens with zero attached hydrogens (tertiary/aromatic N) is 1. The number of rotatable bonds is 1. The first-order valence-electron chi connectivity index (χ1n) is 5.53. The minimum absolute atomic E-state index is 0.183. The van der Waals surface area contributed by atoms with Crippen molar-refractivity contribution in [2.45, 2.75) is 19.3 Å². The average molecular weight is 264 g/mol. The molecule has 0 unspecified atom stereocenters. The number of benzene rings is 1. The van der Waals surface area contributed by atoms with E-state index < -0.39 is 0 Å². The molecular weight excluding hydrogens is 254 g/mol. The van der Waals surface area contributed by atoms with Gasteiger partial charge in [0.2, 0.25) is 0 Å². The number of hydrogen-bond donors (Lipinski definition) is 0. The Morgan fingerprint density at radius 3 is 2.65 bits per heavy atom. The molecule has 3 rings (SSSR count). The van der Waals surface area contributed by atoms with E-state index in [1.54, 1.807) is 11.3 Å². The predicted molar refractivity (Wildman–Crippen MR) is 69.8 cm³/mol. The summed E-state index contributed by atoms with van der Waals surface area (Å²) in [4.78, 5) is 17.3. The van der Waals surface area contributed by atoms with E-state index in [9.17, 15) is 4.79 Å². The molecule has 0 aliphatic heterocycles. The Bertz CT molecular complexity index is 574. The lowest BCUT2D eigenvalue weighted by atomic mass is 10.0. The topological polar surface area (TPSA) is 30.0 Å². The van der Waals surface area contributed by atoms with Crippen LogP contribution in [0.5, 0.6) is 0 Å². The number of halogens is 1. The Morgan fingerprint density at radius 1 is 1.18 bits per heavy atom. The van der Waals surface area contributed by atoms with Crippen LogP contribution in [0.1, 0.15) is 28.2 Å². The minimum atomic E-state index is 0.183. The van der Waals surface area contributed by atoms with Crippen LogP contribution in [-0.2, 0) is 6.42 Å². The standard InChI is InChI=1S/C13H10ClNOS/c14-9-6-4-8(5-7-9)13-15-12-10(16)2-1-3-11(12)17-13/h4-7H,1-3H2. The number of thiazole rings is 1. The zero-order valence-electron chi connectivity index (χ0n) is 9.07. The number of carbonyl (C=O) groups excluding carboxylic acids is 1. The van der Waals surface area contributed by atoms with Crippen LogP contribution < -0.4 is 0 Å². The Hall–Kier alpha value is -1.19. The second-order valence-corrected chi connectivity index (χ2v) is 5.59. The van der Waals surface area contributed by atoms with Crippen LogP contribution in [0.15, 0.2) is 24.3 Å². The number of aryl methyl sites for hydroxylation is 1. The molecule has 0 fully saturated rings. The Morgan fingerprint density at radius 2 is 1.94 bits per heavy atom. The first kappa shape index (κ1) is 10.9. The SMILES string of the molecule is O=C1CCCc2sc(-c3ccc(Cl)cc3)nc21. The van der Waals surface area contributed by atoms with Crippen LogP contribution in [0.25, 0.3) is 10.6 Å². The molecule has 1 heterocycles. The molecule has 0 radical (unpaired) electrons. The summed E-state index contributed by atoms with van der Waals surface area (Å²) in [5.74, 6) is 0.183. The second-order valence-electron chi connectivity index (χ2n) is 4.07. The van der Waals surface area contributed by atoms with Gasteiger partial charge in [-0.25, -0.2) is 4.98 Å². The normalized spacial score (nSPS) is 14.8. The molecular formula is C13H10ClNOS. The quantitative estimate of drug-likeness (QED) is 0.779. The molecule has 2 aromatic rings. The van der Waals surface area contributed by atoms with E-state index in [4.69, 9.17) is 11.6 Å².